The molecule has 0 bridgehead atoms. The molecule has 7 heteroatoms. The fourth-order valence-corrected chi connectivity index (χ4v) is 1.96. The number of rotatable bonds is 3. The Bertz CT molecular complexity index is 475. The zero-order valence-electron chi connectivity index (χ0n) is 8.70. The second-order valence-electron chi connectivity index (χ2n) is 2.99. The first-order valence-electron chi connectivity index (χ1n) is 4.40. The summed E-state index contributed by atoms with van der Waals surface area (Å²) in [5, 5.41) is 2.52. The van der Waals surface area contributed by atoms with E-state index in [1.807, 2.05) is 18.2 Å². The summed E-state index contributed by atoms with van der Waals surface area (Å²) in [4.78, 5) is 19.1. The summed E-state index contributed by atoms with van der Waals surface area (Å²) in [6.07, 6.45) is 2.37. The van der Waals surface area contributed by atoms with Gasteiger partial charge in [-0.25, -0.2) is 4.98 Å². The second kappa shape index (κ2) is 7.21. The predicted octanol–water partition coefficient (Wildman–Crippen LogP) is 2.07. The molecular weight excluding hydrogens is 281 g/mol. The van der Waals surface area contributed by atoms with Crippen LogP contribution in [-0.4, -0.2) is 15.9 Å². The molecule has 2 aromatic heterocycles. The van der Waals surface area contributed by atoms with Crippen molar-refractivity contribution in [2.24, 2.45) is 5.73 Å². The maximum absolute atomic E-state index is 10.8. The minimum absolute atomic E-state index is 0. The van der Waals surface area contributed by atoms with Crippen LogP contribution in [0.3, 0.4) is 0 Å². The molecule has 0 aliphatic carbocycles. The van der Waals surface area contributed by atoms with E-state index in [9.17, 15) is 4.79 Å². The monoisotopic (exact) mass is 291 g/mol. The average Bonchev–Trinajstić information content (AvgIpc) is 2.68. The van der Waals surface area contributed by atoms with Crippen LogP contribution in [0.25, 0.3) is 0 Å². The van der Waals surface area contributed by atoms with Crippen molar-refractivity contribution in [2.75, 3.05) is 0 Å². The van der Waals surface area contributed by atoms with Gasteiger partial charge in [0.25, 0.3) is 5.91 Å². The fraction of sp³-hybridized carbons (Fsp3) is 0.100. The number of amides is 1. The number of nitrogens with two attached hydrogens (primary N) is 1. The molecule has 0 atom stereocenters. The topological polar surface area (TPSA) is 68.9 Å². The molecule has 0 spiro atoms. The summed E-state index contributed by atoms with van der Waals surface area (Å²) >= 11 is 1.42. The Hall–Kier alpha value is -1.17. The van der Waals surface area contributed by atoms with Gasteiger partial charge < -0.3 is 5.73 Å². The van der Waals surface area contributed by atoms with Crippen LogP contribution < -0.4 is 5.73 Å². The molecular formula is C10H11Cl2N3OS. The maximum atomic E-state index is 10.8. The van der Waals surface area contributed by atoms with Gasteiger partial charge in [0, 0.05) is 23.7 Å². The highest BCUT2D eigenvalue weighted by atomic mass is 35.5. The average molecular weight is 292 g/mol. The van der Waals surface area contributed by atoms with Gasteiger partial charge in [0.1, 0.15) is 5.69 Å². The predicted molar refractivity (Wildman–Crippen MR) is 72.2 cm³/mol. The summed E-state index contributed by atoms with van der Waals surface area (Å²) in [6, 6.07) is 5.70. The van der Waals surface area contributed by atoms with Gasteiger partial charge in [-0.05, 0) is 12.1 Å². The molecule has 0 aromatic carbocycles. The number of hydrogen-bond donors (Lipinski definition) is 1. The van der Waals surface area contributed by atoms with E-state index < -0.39 is 5.91 Å². The molecule has 0 saturated heterocycles. The highest BCUT2D eigenvalue weighted by Gasteiger charge is 2.07. The smallest absolute Gasteiger partial charge is 0.268 e. The number of thiazole rings is 1. The van der Waals surface area contributed by atoms with Crippen molar-refractivity contribution in [1.29, 1.82) is 0 Å². The normalized spacial score (nSPS) is 8.94. The molecule has 2 N–H and O–H groups in total. The van der Waals surface area contributed by atoms with E-state index in [2.05, 4.69) is 9.97 Å². The highest BCUT2D eigenvalue weighted by Crippen LogP contribution is 2.12. The molecule has 17 heavy (non-hydrogen) atoms. The van der Waals surface area contributed by atoms with E-state index in [0.717, 1.165) is 10.7 Å². The van der Waals surface area contributed by atoms with Crippen molar-refractivity contribution in [3.8, 4) is 0 Å². The molecule has 0 saturated carbocycles. The Morgan fingerprint density at radius 1 is 1.35 bits per heavy atom. The van der Waals surface area contributed by atoms with E-state index >= 15 is 0 Å². The van der Waals surface area contributed by atoms with E-state index in [0.29, 0.717) is 12.1 Å². The molecule has 92 valence electrons. The minimum atomic E-state index is -0.487. The summed E-state index contributed by atoms with van der Waals surface area (Å²) in [7, 11) is 0. The Kier molecular flexibility index (Phi) is 6.72. The number of aromatic nitrogens is 2. The molecule has 0 unspecified atom stereocenters. The van der Waals surface area contributed by atoms with E-state index in [1.54, 1.807) is 11.6 Å². The van der Waals surface area contributed by atoms with E-state index in [1.165, 1.54) is 11.3 Å². The molecule has 2 heterocycles. The van der Waals surface area contributed by atoms with Gasteiger partial charge in [-0.15, -0.1) is 36.2 Å². The molecule has 1 amide bonds. The van der Waals surface area contributed by atoms with Crippen LogP contribution in [0.5, 0.6) is 0 Å². The van der Waals surface area contributed by atoms with Crippen LogP contribution in [-0.2, 0) is 6.42 Å². The number of pyridine rings is 1. The number of hydrogen-bond acceptors (Lipinski definition) is 4. The first-order valence-corrected chi connectivity index (χ1v) is 5.28. The zero-order valence-corrected chi connectivity index (χ0v) is 11.1. The van der Waals surface area contributed by atoms with Crippen molar-refractivity contribution in [3.63, 3.8) is 0 Å². The third-order valence-corrected chi connectivity index (χ3v) is 2.71. The van der Waals surface area contributed by atoms with Crippen LogP contribution in [0.15, 0.2) is 29.8 Å². The second-order valence-corrected chi connectivity index (χ2v) is 3.93. The lowest BCUT2D eigenvalue weighted by Crippen LogP contribution is -2.11. The summed E-state index contributed by atoms with van der Waals surface area (Å²) in [6.45, 7) is 0. The van der Waals surface area contributed by atoms with Crippen molar-refractivity contribution >= 4 is 42.1 Å². The van der Waals surface area contributed by atoms with Crippen LogP contribution in [0.1, 0.15) is 21.2 Å². The SMILES string of the molecule is Cl.Cl.NC(=O)c1csc(Cc2ccccn2)n1. The van der Waals surface area contributed by atoms with E-state index in [4.69, 9.17) is 5.73 Å². The summed E-state index contributed by atoms with van der Waals surface area (Å²) < 4.78 is 0. The van der Waals surface area contributed by atoms with Crippen molar-refractivity contribution in [3.05, 3.63) is 46.2 Å². The lowest BCUT2D eigenvalue weighted by Gasteiger charge is -1.94. The Balaban J connectivity index is 0.00000128. The Labute approximate surface area is 115 Å². The Morgan fingerprint density at radius 3 is 2.65 bits per heavy atom. The van der Waals surface area contributed by atoms with Gasteiger partial charge in [0.15, 0.2) is 0 Å². The van der Waals surface area contributed by atoms with Gasteiger partial charge in [0.05, 0.1) is 5.01 Å². The molecule has 4 nitrogen and oxygen atoms in total. The van der Waals surface area contributed by atoms with Crippen molar-refractivity contribution in [2.45, 2.75) is 6.42 Å². The number of nitrogens with zero attached hydrogens (tertiary/aromatic N) is 2. The molecule has 2 aromatic rings. The van der Waals surface area contributed by atoms with Gasteiger partial charge in [-0.2, -0.15) is 0 Å². The third-order valence-electron chi connectivity index (χ3n) is 1.86. The van der Waals surface area contributed by atoms with Gasteiger partial charge >= 0.3 is 0 Å². The molecule has 0 fully saturated rings. The van der Waals surface area contributed by atoms with Gasteiger partial charge in [-0.1, -0.05) is 6.07 Å². The summed E-state index contributed by atoms with van der Waals surface area (Å²) in [5.74, 6) is -0.487. The van der Waals surface area contributed by atoms with Crippen LogP contribution >= 0.6 is 36.2 Å². The molecule has 0 aliphatic heterocycles. The minimum Gasteiger partial charge on any atom is -0.364 e. The lowest BCUT2D eigenvalue weighted by atomic mass is 10.3. The van der Waals surface area contributed by atoms with Crippen LogP contribution in [0.4, 0.5) is 0 Å². The quantitative estimate of drug-likeness (QED) is 0.941. The van der Waals surface area contributed by atoms with Crippen LogP contribution in [0, 0.1) is 0 Å². The number of primary amides is 1. The summed E-state index contributed by atoms with van der Waals surface area (Å²) in [5.41, 5.74) is 6.37. The molecule has 0 aliphatic rings. The van der Waals surface area contributed by atoms with Crippen LogP contribution in [0.2, 0.25) is 0 Å². The molecule has 2 rings (SSSR count). The highest BCUT2D eigenvalue weighted by molar-refractivity contribution is 7.09. The largest absolute Gasteiger partial charge is 0.364 e. The zero-order chi connectivity index (χ0) is 10.7. The number of carbonyl (C=O) groups excluding carboxylic acids is 1. The van der Waals surface area contributed by atoms with Gasteiger partial charge in [-0.3, -0.25) is 9.78 Å². The lowest BCUT2D eigenvalue weighted by molar-refractivity contribution is 0.0996. The standard InChI is InChI=1S/C10H9N3OS.2ClH/c11-10(14)8-6-15-9(13-8)5-7-3-1-2-4-12-7;;/h1-4,6H,5H2,(H2,11,14);2*1H. The van der Waals surface area contributed by atoms with Crippen molar-refractivity contribution < 1.29 is 4.79 Å². The maximum Gasteiger partial charge on any atom is 0.268 e. The number of halogens is 2. The van der Waals surface area contributed by atoms with Gasteiger partial charge in [0.2, 0.25) is 0 Å². The first kappa shape index (κ1) is 15.8. The molecule has 0 radical (unpaired) electrons. The van der Waals surface area contributed by atoms with Crippen molar-refractivity contribution in [1.82, 2.24) is 9.97 Å². The van der Waals surface area contributed by atoms with E-state index in [-0.39, 0.29) is 24.8 Å². The first-order chi connectivity index (χ1) is 7.25. The third kappa shape index (κ3) is 4.30. The number of carbonyl (C=O) groups is 1. The Morgan fingerprint density at radius 2 is 2.12 bits per heavy atom. The fourth-order valence-electron chi connectivity index (χ4n) is 1.16.